The fourth-order valence-electron chi connectivity index (χ4n) is 3.85. The van der Waals surface area contributed by atoms with Gasteiger partial charge in [0.15, 0.2) is 11.5 Å². The lowest BCUT2D eigenvalue weighted by Gasteiger charge is -2.22. The van der Waals surface area contributed by atoms with Crippen LogP contribution in [-0.2, 0) is 6.54 Å². The Bertz CT molecular complexity index is 982. The number of hydrogen-bond donors (Lipinski definition) is 1. The predicted molar refractivity (Wildman–Crippen MR) is 154 cm³/mol. The number of benzene rings is 2. The summed E-state index contributed by atoms with van der Waals surface area (Å²) in [5, 5.41) is 15.4. The van der Waals surface area contributed by atoms with Crippen molar-refractivity contribution in [3.63, 3.8) is 0 Å². The average Bonchev–Trinajstić information content (AvgIpc) is 3.35. The van der Waals surface area contributed by atoms with Gasteiger partial charge in [-0.15, -0.1) is 24.8 Å². The van der Waals surface area contributed by atoms with Crippen molar-refractivity contribution >= 4 is 24.8 Å². The number of nitrogens with one attached hydrogen (secondary N) is 1. The number of nitrogens with zero attached hydrogens (tertiary/aromatic N) is 5. The molecule has 8 nitrogen and oxygen atoms in total. The second kappa shape index (κ2) is 18.8. The normalized spacial score (nSPS) is 10.6. The summed E-state index contributed by atoms with van der Waals surface area (Å²) in [4.78, 5) is 2.61. The van der Waals surface area contributed by atoms with Gasteiger partial charge in [-0.3, -0.25) is 0 Å². The van der Waals surface area contributed by atoms with E-state index in [4.69, 9.17) is 9.47 Å². The smallest absolute Gasteiger partial charge is 0.346 e. The summed E-state index contributed by atoms with van der Waals surface area (Å²) in [5.41, 5.74) is 1.98. The summed E-state index contributed by atoms with van der Waals surface area (Å²) in [6, 6.07) is 16.0. The van der Waals surface area contributed by atoms with Gasteiger partial charge in [0.2, 0.25) is 0 Å². The summed E-state index contributed by atoms with van der Waals surface area (Å²) < 4.78 is 13.5. The van der Waals surface area contributed by atoms with Gasteiger partial charge in [-0.25, -0.2) is 0 Å². The lowest BCUT2D eigenvalue weighted by molar-refractivity contribution is 0.261. The monoisotopic (exact) mass is 552 g/mol. The zero-order chi connectivity index (χ0) is 24.7. The van der Waals surface area contributed by atoms with Crippen LogP contribution >= 0.6 is 24.8 Å². The Balaban J connectivity index is 0.00000342. The van der Waals surface area contributed by atoms with Crippen molar-refractivity contribution in [1.82, 2.24) is 30.4 Å². The third-order valence-corrected chi connectivity index (χ3v) is 5.76. The number of halogens is 2. The largest absolute Gasteiger partial charge is 0.490 e. The maximum atomic E-state index is 6.05. The molecular formula is C27H42Cl2N6O2. The summed E-state index contributed by atoms with van der Waals surface area (Å²) in [5.74, 6) is 1.27. The van der Waals surface area contributed by atoms with Crippen LogP contribution in [0.25, 0.3) is 5.69 Å². The van der Waals surface area contributed by atoms with Gasteiger partial charge in [-0.2, -0.15) is 4.68 Å². The maximum Gasteiger partial charge on any atom is 0.346 e. The van der Waals surface area contributed by atoms with E-state index in [0.717, 1.165) is 37.3 Å². The molecule has 3 aromatic rings. The molecule has 0 aliphatic carbocycles. The Hall–Kier alpha value is -2.39. The van der Waals surface area contributed by atoms with Crippen molar-refractivity contribution in [1.29, 1.82) is 0 Å². The highest BCUT2D eigenvalue weighted by atomic mass is 35.5. The van der Waals surface area contributed by atoms with E-state index >= 15 is 0 Å². The number of para-hydroxylation sites is 1. The van der Waals surface area contributed by atoms with E-state index in [-0.39, 0.29) is 24.8 Å². The molecule has 0 saturated heterocycles. The number of aromatic nitrogens is 4. The van der Waals surface area contributed by atoms with Crippen molar-refractivity contribution in [3.8, 4) is 23.2 Å². The molecule has 2 aromatic carbocycles. The quantitative estimate of drug-likeness (QED) is 0.203. The molecule has 1 N–H and O–H groups in total. The predicted octanol–water partition coefficient (Wildman–Crippen LogP) is 6.08. The third kappa shape index (κ3) is 10.9. The highest BCUT2D eigenvalue weighted by Gasteiger charge is 2.14. The molecule has 0 aliphatic rings. The fourth-order valence-corrected chi connectivity index (χ4v) is 3.85. The first-order valence-corrected chi connectivity index (χ1v) is 13.0. The molecule has 10 heteroatoms. The summed E-state index contributed by atoms with van der Waals surface area (Å²) in [6.45, 7) is 12.4. The third-order valence-electron chi connectivity index (χ3n) is 5.76. The minimum atomic E-state index is 0. The first-order chi connectivity index (χ1) is 17.2. The molecule has 0 aliphatic heterocycles. The van der Waals surface area contributed by atoms with E-state index in [2.05, 4.69) is 45.7 Å². The van der Waals surface area contributed by atoms with Crippen LogP contribution in [0, 0.1) is 0 Å². The van der Waals surface area contributed by atoms with Gasteiger partial charge in [0.1, 0.15) is 0 Å². The molecule has 0 radical (unpaired) electrons. The minimum Gasteiger partial charge on any atom is -0.490 e. The highest BCUT2D eigenvalue weighted by Crippen LogP contribution is 2.32. The number of unbranched alkanes of at least 4 members (excludes halogenated alkanes) is 2. The molecule has 1 heterocycles. The Kier molecular flexibility index (Phi) is 16.6. The Morgan fingerprint density at radius 2 is 1.57 bits per heavy atom. The number of tetrazole rings is 1. The van der Waals surface area contributed by atoms with Crippen molar-refractivity contribution in [2.45, 2.75) is 59.4 Å². The number of rotatable bonds is 17. The zero-order valence-electron chi connectivity index (χ0n) is 22.3. The van der Waals surface area contributed by atoms with Gasteiger partial charge in [0, 0.05) is 6.54 Å². The first-order valence-electron chi connectivity index (χ1n) is 13.0. The van der Waals surface area contributed by atoms with E-state index < -0.39 is 0 Å². The van der Waals surface area contributed by atoms with Gasteiger partial charge >= 0.3 is 6.01 Å². The van der Waals surface area contributed by atoms with Gasteiger partial charge in [-0.05, 0) is 92.6 Å². The van der Waals surface area contributed by atoms with Crippen molar-refractivity contribution in [2.75, 3.05) is 32.8 Å². The van der Waals surface area contributed by atoms with Crippen LogP contribution in [0.15, 0.2) is 48.5 Å². The second-order valence-corrected chi connectivity index (χ2v) is 8.60. The van der Waals surface area contributed by atoms with Crippen LogP contribution in [0.5, 0.6) is 17.5 Å². The molecule has 0 atom stereocenters. The number of hydrogen-bond acceptors (Lipinski definition) is 7. The first kappa shape index (κ1) is 32.6. The second-order valence-electron chi connectivity index (χ2n) is 8.60. The fraction of sp³-hybridized carbons (Fsp3) is 0.519. The summed E-state index contributed by atoms with van der Waals surface area (Å²) in [6.07, 6.45) is 6.22. The Labute approximate surface area is 233 Å². The van der Waals surface area contributed by atoms with E-state index in [1.54, 1.807) is 4.68 Å². The van der Waals surface area contributed by atoms with E-state index in [1.807, 2.05) is 49.4 Å². The SMILES string of the molecule is CCCCN(CCCC)CCCNCc1ccc(Oc2nnnn2-c2ccccc2)c(OCC)c1.Cl.Cl. The topological polar surface area (TPSA) is 77.3 Å². The molecule has 3 rings (SSSR count). The summed E-state index contributed by atoms with van der Waals surface area (Å²) in [7, 11) is 0. The summed E-state index contributed by atoms with van der Waals surface area (Å²) >= 11 is 0. The molecule has 0 unspecified atom stereocenters. The van der Waals surface area contributed by atoms with Crippen LogP contribution in [0.2, 0.25) is 0 Å². The maximum absolute atomic E-state index is 6.05. The Morgan fingerprint density at radius 1 is 0.865 bits per heavy atom. The van der Waals surface area contributed by atoms with Gasteiger partial charge in [-0.1, -0.05) is 56.1 Å². The molecule has 1 aromatic heterocycles. The zero-order valence-corrected chi connectivity index (χ0v) is 23.9. The lowest BCUT2D eigenvalue weighted by Crippen LogP contribution is -2.29. The van der Waals surface area contributed by atoms with Crippen LogP contribution < -0.4 is 14.8 Å². The Morgan fingerprint density at radius 3 is 2.24 bits per heavy atom. The van der Waals surface area contributed by atoms with Crippen LogP contribution in [0.1, 0.15) is 58.4 Å². The van der Waals surface area contributed by atoms with Crippen molar-refractivity contribution < 1.29 is 9.47 Å². The molecule has 0 bridgehead atoms. The van der Waals surface area contributed by atoms with Crippen LogP contribution in [-0.4, -0.2) is 57.9 Å². The average molecular weight is 554 g/mol. The van der Waals surface area contributed by atoms with Gasteiger partial charge in [0.25, 0.3) is 0 Å². The molecule has 0 spiro atoms. The minimum absolute atomic E-state index is 0. The lowest BCUT2D eigenvalue weighted by atomic mass is 10.2. The van der Waals surface area contributed by atoms with Gasteiger partial charge in [0.05, 0.1) is 12.3 Å². The molecule has 0 saturated carbocycles. The van der Waals surface area contributed by atoms with E-state index in [0.29, 0.717) is 24.1 Å². The molecular weight excluding hydrogens is 511 g/mol. The highest BCUT2D eigenvalue weighted by molar-refractivity contribution is 5.85. The van der Waals surface area contributed by atoms with E-state index in [9.17, 15) is 0 Å². The number of ether oxygens (including phenoxy) is 2. The van der Waals surface area contributed by atoms with E-state index in [1.165, 1.54) is 38.8 Å². The van der Waals surface area contributed by atoms with Crippen LogP contribution in [0.3, 0.4) is 0 Å². The molecule has 0 fully saturated rings. The molecule has 37 heavy (non-hydrogen) atoms. The van der Waals surface area contributed by atoms with Crippen LogP contribution in [0.4, 0.5) is 0 Å². The van der Waals surface area contributed by atoms with Crippen molar-refractivity contribution in [3.05, 3.63) is 54.1 Å². The molecule has 0 amide bonds. The van der Waals surface area contributed by atoms with Gasteiger partial charge < -0.3 is 19.7 Å². The standard InChI is InChI=1S/C27H40N6O2.2ClH/c1-4-7-18-32(19-8-5-2)20-12-17-28-22-23-15-16-25(26(21-23)34-6-3)35-27-29-30-31-33(27)24-13-10-9-11-14-24;;/h9-11,13-16,21,28H,4-8,12,17-20,22H2,1-3H3;2*1H. The van der Waals surface area contributed by atoms with Crippen molar-refractivity contribution in [2.24, 2.45) is 0 Å². The molecule has 206 valence electrons.